The molecular formula is C24H18Cl2N2O2. The molecular weight excluding hydrogens is 419 g/mol. The first kappa shape index (κ1) is 20.2. The van der Waals surface area contributed by atoms with Crippen LogP contribution >= 0.6 is 23.2 Å². The number of hydrogen-bond donors (Lipinski definition) is 0. The van der Waals surface area contributed by atoms with Crippen molar-refractivity contribution in [3.05, 3.63) is 88.9 Å². The van der Waals surface area contributed by atoms with E-state index in [1.807, 2.05) is 60.7 Å². The van der Waals surface area contributed by atoms with Gasteiger partial charge in [0, 0.05) is 12.0 Å². The molecule has 0 saturated carbocycles. The summed E-state index contributed by atoms with van der Waals surface area (Å²) < 4.78 is 7.39. The molecule has 4 rings (SSSR count). The molecule has 0 radical (unpaired) electrons. The van der Waals surface area contributed by atoms with Gasteiger partial charge in [-0.3, -0.25) is 4.79 Å². The number of carbonyl (C=O) groups excluding carboxylic acids is 1. The van der Waals surface area contributed by atoms with Gasteiger partial charge in [-0.25, -0.2) is 0 Å². The second kappa shape index (κ2) is 8.74. The predicted octanol–water partition coefficient (Wildman–Crippen LogP) is 6.83. The number of ether oxygens (including phenoxy) is 1. The number of nitrogens with zero attached hydrogens (tertiary/aromatic N) is 2. The highest BCUT2D eigenvalue weighted by Gasteiger charge is 2.25. The number of hydrogen-bond acceptors (Lipinski definition) is 3. The molecule has 3 aromatic carbocycles. The summed E-state index contributed by atoms with van der Waals surface area (Å²) in [5.74, 6) is -0.0155. The van der Waals surface area contributed by atoms with Crippen molar-refractivity contribution >= 4 is 29.2 Å². The van der Waals surface area contributed by atoms with Crippen molar-refractivity contribution in [2.45, 2.75) is 13.3 Å². The maximum atomic E-state index is 12.3. The third kappa shape index (κ3) is 3.97. The van der Waals surface area contributed by atoms with Crippen molar-refractivity contribution < 1.29 is 9.53 Å². The highest BCUT2D eigenvalue weighted by Crippen LogP contribution is 2.41. The van der Waals surface area contributed by atoms with Crippen molar-refractivity contribution in [2.24, 2.45) is 0 Å². The van der Waals surface area contributed by atoms with E-state index < -0.39 is 0 Å². The molecule has 0 N–H and O–H groups in total. The smallest absolute Gasteiger partial charge is 0.312 e. The summed E-state index contributed by atoms with van der Waals surface area (Å²) in [4.78, 5) is 12.3. The Kier molecular flexibility index (Phi) is 5.88. The molecule has 0 unspecified atom stereocenters. The Hall–Kier alpha value is -3.08. The van der Waals surface area contributed by atoms with Crippen LogP contribution in [-0.4, -0.2) is 15.7 Å². The number of esters is 1. The Balaban J connectivity index is 2.03. The van der Waals surface area contributed by atoms with Gasteiger partial charge in [0.2, 0.25) is 5.88 Å². The zero-order chi connectivity index (χ0) is 21.1. The highest BCUT2D eigenvalue weighted by atomic mass is 35.5. The molecule has 0 bridgehead atoms. The van der Waals surface area contributed by atoms with Gasteiger partial charge in [-0.2, -0.15) is 9.78 Å². The number of aromatic nitrogens is 2. The molecule has 4 aromatic rings. The van der Waals surface area contributed by atoms with E-state index in [-0.39, 0.29) is 12.4 Å². The van der Waals surface area contributed by atoms with Crippen molar-refractivity contribution in [2.75, 3.05) is 0 Å². The second-order valence-electron chi connectivity index (χ2n) is 6.60. The van der Waals surface area contributed by atoms with Crippen LogP contribution in [0.3, 0.4) is 0 Å². The largest absolute Gasteiger partial charge is 0.407 e. The van der Waals surface area contributed by atoms with E-state index in [1.165, 1.54) is 0 Å². The first-order valence-electron chi connectivity index (χ1n) is 9.48. The molecule has 0 aliphatic carbocycles. The molecule has 0 spiro atoms. The molecule has 0 atom stereocenters. The molecule has 0 amide bonds. The van der Waals surface area contributed by atoms with E-state index in [9.17, 15) is 4.79 Å². The topological polar surface area (TPSA) is 44.1 Å². The minimum atomic E-state index is -0.354. The van der Waals surface area contributed by atoms with Gasteiger partial charge in [-0.05, 0) is 23.8 Å². The van der Waals surface area contributed by atoms with E-state index in [2.05, 4.69) is 0 Å². The van der Waals surface area contributed by atoms with Gasteiger partial charge in [0.25, 0.3) is 0 Å². The van der Waals surface area contributed by atoms with E-state index in [4.69, 9.17) is 33.0 Å². The van der Waals surface area contributed by atoms with Crippen molar-refractivity contribution in [1.82, 2.24) is 9.78 Å². The van der Waals surface area contributed by atoms with Crippen LogP contribution in [0.1, 0.15) is 13.3 Å². The third-order valence-electron chi connectivity index (χ3n) is 4.60. The van der Waals surface area contributed by atoms with Crippen molar-refractivity contribution in [3.63, 3.8) is 0 Å². The summed E-state index contributed by atoms with van der Waals surface area (Å²) in [7, 11) is 0. The van der Waals surface area contributed by atoms with E-state index >= 15 is 0 Å². The average Bonchev–Trinajstić information content (AvgIpc) is 3.15. The van der Waals surface area contributed by atoms with Crippen LogP contribution < -0.4 is 4.74 Å². The van der Waals surface area contributed by atoms with Crippen molar-refractivity contribution in [1.29, 1.82) is 0 Å². The number of carbonyl (C=O) groups is 1. The monoisotopic (exact) mass is 436 g/mol. The highest BCUT2D eigenvalue weighted by molar-refractivity contribution is 6.42. The predicted molar refractivity (Wildman–Crippen MR) is 120 cm³/mol. The summed E-state index contributed by atoms with van der Waals surface area (Å²) in [6.07, 6.45) is 0.238. The molecule has 150 valence electrons. The fourth-order valence-corrected chi connectivity index (χ4v) is 3.42. The lowest BCUT2D eigenvalue weighted by atomic mass is 10.0. The van der Waals surface area contributed by atoms with Crippen LogP contribution in [0.25, 0.3) is 28.1 Å². The molecule has 0 aliphatic heterocycles. The number of benzene rings is 3. The quantitative estimate of drug-likeness (QED) is 0.322. The summed E-state index contributed by atoms with van der Waals surface area (Å²) in [5.41, 5.74) is 3.87. The Bertz CT molecular complexity index is 1190. The average molecular weight is 437 g/mol. The Morgan fingerprint density at radius 2 is 1.53 bits per heavy atom. The minimum absolute atomic E-state index is 0.238. The van der Waals surface area contributed by atoms with E-state index in [0.717, 1.165) is 16.7 Å². The zero-order valence-electron chi connectivity index (χ0n) is 16.2. The first-order chi connectivity index (χ1) is 14.6. The van der Waals surface area contributed by atoms with Gasteiger partial charge in [-0.15, -0.1) is 0 Å². The molecule has 4 nitrogen and oxygen atoms in total. The van der Waals surface area contributed by atoms with Crippen LogP contribution in [0.2, 0.25) is 10.0 Å². The maximum absolute atomic E-state index is 12.3. The third-order valence-corrected chi connectivity index (χ3v) is 5.34. The summed E-state index contributed by atoms with van der Waals surface area (Å²) in [6, 6.07) is 24.7. The lowest BCUT2D eigenvalue weighted by Crippen LogP contribution is -2.10. The SMILES string of the molecule is CCC(=O)Oc1c(-c2ccccc2)c(-c2ccccc2)nn1-c1ccc(Cl)c(Cl)c1. The van der Waals surface area contributed by atoms with Crippen molar-refractivity contribution in [3.8, 4) is 34.0 Å². The fraction of sp³-hybridized carbons (Fsp3) is 0.0833. The Morgan fingerprint density at radius 1 is 0.900 bits per heavy atom. The van der Waals surface area contributed by atoms with Crippen LogP contribution in [0.15, 0.2) is 78.9 Å². The number of rotatable bonds is 5. The van der Waals surface area contributed by atoms with E-state index in [1.54, 1.807) is 29.8 Å². The summed E-state index contributed by atoms with van der Waals surface area (Å²) >= 11 is 12.3. The molecule has 1 heterocycles. The lowest BCUT2D eigenvalue weighted by molar-refractivity contribution is -0.134. The van der Waals surface area contributed by atoms with Crippen LogP contribution in [0, 0.1) is 0 Å². The Labute approximate surface area is 184 Å². The molecule has 30 heavy (non-hydrogen) atoms. The van der Waals surface area contributed by atoms with Gasteiger partial charge in [-0.1, -0.05) is 90.8 Å². The van der Waals surface area contributed by atoms with Crippen LogP contribution in [0.4, 0.5) is 0 Å². The van der Waals surface area contributed by atoms with Gasteiger partial charge >= 0.3 is 5.97 Å². The van der Waals surface area contributed by atoms with Crippen LogP contribution in [0.5, 0.6) is 5.88 Å². The lowest BCUT2D eigenvalue weighted by Gasteiger charge is -2.10. The fourth-order valence-electron chi connectivity index (χ4n) is 3.13. The molecule has 6 heteroatoms. The maximum Gasteiger partial charge on any atom is 0.312 e. The van der Waals surface area contributed by atoms with Gasteiger partial charge in [0.05, 0.1) is 21.3 Å². The molecule has 0 saturated heterocycles. The normalized spacial score (nSPS) is 10.8. The van der Waals surface area contributed by atoms with Gasteiger partial charge in [0.15, 0.2) is 0 Å². The van der Waals surface area contributed by atoms with E-state index in [0.29, 0.717) is 27.3 Å². The molecule has 0 aliphatic rings. The van der Waals surface area contributed by atoms with Gasteiger partial charge < -0.3 is 4.74 Å². The first-order valence-corrected chi connectivity index (χ1v) is 10.2. The molecule has 1 aromatic heterocycles. The number of halogens is 2. The minimum Gasteiger partial charge on any atom is -0.407 e. The summed E-state index contributed by atoms with van der Waals surface area (Å²) in [6.45, 7) is 1.75. The summed E-state index contributed by atoms with van der Waals surface area (Å²) in [5, 5.41) is 5.65. The zero-order valence-corrected chi connectivity index (χ0v) is 17.7. The second-order valence-corrected chi connectivity index (χ2v) is 7.41. The van der Waals surface area contributed by atoms with Crippen LogP contribution in [-0.2, 0) is 4.79 Å². The Morgan fingerprint density at radius 3 is 2.13 bits per heavy atom. The molecule has 0 fully saturated rings. The standard InChI is InChI=1S/C24H18Cl2N2O2/c1-2-21(29)30-24-22(16-9-5-3-6-10-16)23(17-11-7-4-8-12-17)27-28(24)18-13-14-19(25)20(26)15-18/h3-15H,2H2,1H3. The van der Waals surface area contributed by atoms with Gasteiger partial charge in [0.1, 0.15) is 5.69 Å².